The van der Waals surface area contributed by atoms with Crippen LogP contribution in [-0.2, 0) is 0 Å². The van der Waals surface area contributed by atoms with Gasteiger partial charge in [0.05, 0.1) is 0 Å². The highest BCUT2D eigenvalue weighted by Gasteiger charge is 2.30. The lowest BCUT2D eigenvalue weighted by atomic mass is 9.77. The van der Waals surface area contributed by atoms with Crippen LogP contribution in [0, 0.1) is 18.8 Å². The summed E-state index contributed by atoms with van der Waals surface area (Å²) in [6.07, 6.45) is 13.7. The summed E-state index contributed by atoms with van der Waals surface area (Å²) in [4.78, 5) is 0. The van der Waals surface area contributed by atoms with Gasteiger partial charge in [-0.05, 0) is 59.0 Å². The van der Waals surface area contributed by atoms with E-state index in [2.05, 4.69) is 67.6 Å². The number of phenols is 2. The number of rotatable bonds is 5. The standard InChI is InChI=1S/C30H26O2/c1-20-3-2-4-25(17-20)30(26-7-5-23(18-26)21-9-13-28(31)14-10-21)27-8-6-24(19-27)22-11-15-29(32)16-12-22/h2-19,26-27,30-32H,1H3. The van der Waals surface area contributed by atoms with Crippen molar-refractivity contribution in [3.05, 3.63) is 132 Å². The van der Waals surface area contributed by atoms with Crippen LogP contribution in [0.4, 0.5) is 0 Å². The summed E-state index contributed by atoms with van der Waals surface area (Å²) in [6.45, 7) is 2.14. The number of phenolic OH excluding ortho intramolecular Hbond substituents is 2. The molecule has 0 fully saturated rings. The third-order valence-electron chi connectivity index (χ3n) is 6.40. The molecule has 5 rings (SSSR count). The zero-order valence-corrected chi connectivity index (χ0v) is 18.0. The van der Waals surface area contributed by atoms with E-state index in [4.69, 9.17) is 0 Å². The summed E-state index contributed by atoms with van der Waals surface area (Å²) in [5.74, 6) is 1.39. The fourth-order valence-electron chi connectivity index (χ4n) is 4.78. The summed E-state index contributed by atoms with van der Waals surface area (Å²) in [5, 5.41) is 19.3. The van der Waals surface area contributed by atoms with Crippen molar-refractivity contribution >= 4 is 11.1 Å². The second-order valence-electron chi connectivity index (χ2n) is 8.65. The molecule has 0 saturated heterocycles. The number of aromatic hydroxyl groups is 2. The molecule has 2 N–H and O–H groups in total. The van der Waals surface area contributed by atoms with Crippen molar-refractivity contribution in [2.75, 3.05) is 0 Å². The molecule has 0 radical (unpaired) electrons. The minimum Gasteiger partial charge on any atom is -0.508 e. The third kappa shape index (κ3) is 4.04. The van der Waals surface area contributed by atoms with Crippen molar-refractivity contribution in [2.45, 2.75) is 12.8 Å². The molecule has 2 atom stereocenters. The minimum atomic E-state index is 0.269. The van der Waals surface area contributed by atoms with Crippen LogP contribution in [0.5, 0.6) is 11.5 Å². The van der Waals surface area contributed by atoms with Crippen LogP contribution in [0.1, 0.15) is 28.2 Å². The maximum atomic E-state index is 9.63. The highest BCUT2D eigenvalue weighted by molar-refractivity contribution is 5.79. The van der Waals surface area contributed by atoms with Gasteiger partial charge < -0.3 is 10.2 Å². The van der Waals surface area contributed by atoms with Crippen LogP contribution in [-0.4, -0.2) is 10.2 Å². The molecule has 2 heteroatoms. The fraction of sp³-hybridized carbons (Fsp3) is 0.133. The Balaban J connectivity index is 1.50. The Morgan fingerprint density at radius 3 is 1.62 bits per heavy atom. The number of allylic oxidation sites excluding steroid dienone is 8. The van der Waals surface area contributed by atoms with Gasteiger partial charge in [0, 0.05) is 17.8 Å². The monoisotopic (exact) mass is 418 g/mol. The predicted molar refractivity (Wildman–Crippen MR) is 131 cm³/mol. The van der Waals surface area contributed by atoms with Crippen LogP contribution >= 0.6 is 0 Å². The van der Waals surface area contributed by atoms with Crippen molar-refractivity contribution in [1.29, 1.82) is 0 Å². The van der Waals surface area contributed by atoms with E-state index in [1.165, 1.54) is 22.3 Å². The van der Waals surface area contributed by atoms with Gasteiger partial charge in [0.2, 0.25) is 0 Å². The van der Waals surface area contributed by atoms with Gasteiger partial charge >= 0.3 is 0 Å². The fourth-order valence-corrected chi connectivity index (χ4v) is 4.78. The molecule has 3 aromatic carbocycles. The average Bonchev–Trinajstić information content (AvgIpc) is 3.46. The normalized spacial score (nSPS) is 20.3. The SMILES string of the molecule is Cc1cccc(C(C2C=CC(c3ccc(O)cc3)=C2)C2C=CC(c3ccc(O)cc3)=C2)c1. The molecule has 2 nitrogen and oxygen atoms in total. The first-order chi connectivity index (χ1) is 15.6. The largest absolute Gasteiger partial charge is 0.508 e. The van der Waals surface area contributed by atoms with E-state index in [1.807, 2.05) is 24.3 Å². The molecule has 32 heavy (non-hydrogen) atoms. The molecule has 0 spiro atoms. The molecule has 2 aliphatic carbocycles. The highest BCUT2D eigenvalue weighted by Crippen LogP contribution is 2.43. The first-order valence-corrected chi connectivity index (χ1v) is 11.0. The average molecular weight is 419 g/mol. The van der Waals surface area contributed by atoms with E-state index in [-0.39, 0.29) is 29.3 Å². The summed E-state index contributed by atoms with van der Waals surface area (Å²) in [6, 6.07) is 23.6. The van der Waals surface area contributed by atoms with E-state index in [1.54, 1.807) is 24.3 Å². The molecule has 2 aliphatic rings. The van der Waals surface area contributed by atoms with Crippen molar-refractivity contribution in [2.24, 2.45) is 11.8 Å². The molecule has 3 aromatic rings. The Kier molecular flexibility index (Phi) is 5.28. The van der Waals surface area contributed by atoms with Crippen LogP contribution in [0.25, 0.3) is 11.1 Å². The Morgan fingerprint density at radius 2 is 1.16 bits per heavy atom. The van der Waals surface area contributed by atoms with E-state index < -0.39 is 0 Å². The maximum Gasteiger partial charge on any atom is 0.115 e. The first kappa shape index (κ1) is 20.1. The highest BCUT2D eigenvalue weighted by atomic mass is 16.3. The molecule has 0 aromatic heterocycles. The van der Waals surface area contributed by atoms with Crippen LogP contribution in [0.15, 0.2) is 109 Å². The zero-order chi connectivity index (χ0) is 22.1. The molecular weight excluding hydrogens is 392 g/mol. The van der Waals surface area contributed by atoms with Gasteiger partial charge in [0.25, 0.3) is 0 Å². The van der Waals surface area contributed by atoms with E-state index in [0.29, 0.717) is 0 Å². The van der Waals surface area contributed by atoms with E-state index in [0.717, 1.165) is 11.1 Å². The molecule has 2 unspecified atom stereocenters. The van der Waals surface area contributed by atoms with Gasteiger partial charge in [0.1, 0.15) is 11.5 Å². The third-order valence-corrected chi connectivity index (χ3v) is 6.40. The maximum absolute atomic E-state index is 9.63. The van der Waals surface area contributed by atoms with Crippen LogP contribution in [0.2, 0.25) is 0 Å². The van der Waals surface area contributed by atoms with Gasteiger partial charge in [-0.25, -0.2) is 0 Å². The smallest absolute Gasteiger partial charge is 0.115 e. The number of benzene rings is 3. The number of hydrogen-bond acceptors (Lipinski definition) is 2. The van der Waals surface area contributed by atoms with E-state index >= 15 is 0 Å². The molecule has 0 amide bonds. The van der Waals surface area contributed by atoms with Gasteiger partial charge in [-0.3, -0.25) is 0 Å². The first-order valence-electron chi connectivity index (χ1n) is 11.0. The zero-order valence-electron chi connectivity index (χ0n) is 18.0. The van der Waals surface area contributed by atoms with Crippen LogP contribution < -0.4 is 0 Å². The summed E-state index contributed by atoms with van der Waals surface area (Å²) < 4.78 is 0. The molecular formula is C30H26O2. The molecule has 0 aliphatic heterocycles. The molecule has 0 heterocycles. The number of aryl methyl sites for hydroxylation is 1. The lowest BCUT2D eigenvalue weighted by Crippen LogP contribution is -2.15. The topological polar surface area (TPSA) is 40.5 Å². The molecule has 0 saturated carbocycles. The Labute approximate surface area is 189 Å². The second kappa shape index (κ2) is 8.39. The Morgan fingerprint density at radius 1 is 0.656 bits per heavy atom. The molecule has 158 valence electrons. The van der Waals surface area contributed by atoms with Gasteiger partial charge in [0.15, 0.2) is 0 Å². The van der Waals surface area contributed by atoms with Crippen molar-refractivity contribution in [3.63, 3.8) is 0 Å². The summed E-state index contributed by atoms with van der Waals surface area (Å²) in [7, 11) is 0. The number of hydrogen-bond donors (Lipinski definition) is 2. The van der Waals surface area contributed by atoms with Gasteiger partial charge in [-0.15, -0.1) is 0 Å². The minimum absolute atomic E-state index is 0.269. The van der Waals surface area contributed by atoms with Crippen molar-refractivity contribution in [1.82, 2.24) is 0 Å². The Bertz CT molecular complexity index is 1160. The Hall–Kier alpha value is -3.78. The van der Waals surface area contributed by atoms with Gasteiger partial charge in [-0.2, -0.15) is 0 Å². The van der Waals surface area contributed by atoms with E-state index in [9.17, 15) is 10.2 Å². The lowest BCUT2D eigenvalue weighted by Gasteiger charge is -2.26. The summed E-state index contributed by atoms with van der Waals surface area (Å²) >= 11 is 0. The van der Waals surface area contributed by atoms with Gasteiger partial charge in [-0.1, -0.05) is 90.6 Å². The summed E-state index contributed by atoms with van der Waals surface area (Å²) in [5.41, 5.74) is 7.22. The van der Waals surface area contributed by atoms with Crippen molar-refractivity contribution in [3.8, 4) is 11.5 Å². The quantitative estimate of drug-likeness (QED) is 0.467. The predicted octanol–water partition coefficient (Wildman–Crippen LogP) is 7.03. The van der Waals surface area contributed by atoms with Crippen molar-refractivity contribution < 1.29 is 10.2 Å². The van der Waals surface area contributed by atoms with Crippen LogP contribution in [0.3, 0.4) is 0 Å². The second-order valence-corrected chi connectivity index (χ2v) is 8.65. The lowest BCUT2D eigenvalue weighted by molar-refractivity contribution is 0.474. The molecule has 0 bridgehead atoms.